The molecule has 2 aliphatic rings. The summed E-state index contributed by atoms with van der Waals surface area (Å²) < 4.78 is 11.0. The van der Waals surface area contributed by atoms with Crippen molar-refractivity contribution in [2.45, 2.75) is 38.3 Å². The Bertz CT molecular complexity index is 241. The molecule has 0 aromatic heterocycles. The molecule has 16 heavy (non-hydrogen) atoms. The average molecular weight is 228 g/mol. The van der Waals surface area contributed by atoms with E-state index in [4.69, 9.17) is 15.2 Å². The number of rotatable bonds is 3. The van der Waals surface area contributed by atoms with Crippen molar-refractivity contribution >= 4 is 0 Å². The summed E-state index contributed by atoms with van der Waals surface area (Å²) in [6.07, 6.45) is 2.32. The lowest BCUT2D eigenvalue weighted by atomic mass is 9.84. The number of hydrogen-bond donors (Lipinski definition) is 2. The molecule has 0 spiro atoms. The quantitative estimate of drug-likeness (QED) is 0.739. The van der Waals surface area contributed by atoms with Gasteiger partial charge in [0.2, 0.25) is 0 Å². The van der Waals surface area contributed by atoms with Crippen molar-refractivity contribution in [1.29, 1.82) is 0 Å². The first-order chi connectivity index (χ1) is 7.54. The Morgan fingerprint density at radius 3 is 2.69 bits per heavy atom. The summed E-state index contributed by atoms with van der Waals surface area (Å²) in [6.45, 7) is 8.50. The fourth-order valence-electron chi connectivity index (χ4n) is 2.40. The minimum Gasteiger partial charge on any atom is -0.380 e. The predicted molar refractivity (Wildman–Crippen MR) is 63.4 cm³/mol. The van der Waals surface area contributed by atoms with Gasteiger partial charge in [0.05, 0.1) is 19.8 Å². The standard InChI is InChI=1S/C12H24N2O2/c1-11(8-16-6-10(11)13)7-14-12(2)4-3-5-15-9-12/h10,14H,3-9,13H2,1-2H3. The van der Waals surface area contributed by atoms with Crippen molar-refractivity contribution in [2.24, 2.45) is 11.1 Å². The molecular formula is C12H24N2O2. The molecule has 2 aliphatic heterocycles. The summed E-state index contributed by atoms with van der Waals surface area (Å²) in [4.78, 5) is 0. The molecule has 3 unspecified atom stereocenters. The van der Waals surface area contributed by atoms with E-state index in [1.807, 2.05) is 0 Å². The van der Waals surface area contributed by atoms with Gasteiger partial charge in [0.25, 0.3) is 0 Å². The van der Waals surface area contributed by atoms with Gasteiger partial charge in [-0.2, -0.15) is 0 Å². The molecule has 0 radical (unpaired) electrons. The Kier molecular flexibility index (Phi) is 3.54. The van der Waals surface area contributed by atoms with E-state index in [1.165, 1.54) is 6.42 Å². The molecule has 2 fully saturated rings. The Morgan fingerprint density at radius 1 is 1.31 bits per heavy atom. The summed E-state index contributed by atoms with van der Waals surface area (Å²) in [6, 6.07) is 0.146. The van der Waals surface area contributed by atoms with Gasteiger partial charge in [0.15, 0.2) is 0 Å². The zero-order valence-electron chi connectivity index (χ0n) is 10.4. The van der Waals surface area contributed by atoms with Crippen molar-refractivity contribution in [3.63, 3.8) is 0 Å². The van der Waals surface area contributed by atoms with Gasteiger partial charge < -0.3 is 20.5 Å². The second kappa shape index (κ2) is 4.61. The third kappa shape index (κ3) is 2.56. The summed E-state index contributed by atoms with van der Waals surface area (Å²) in [7, 11) is 0. The molecule has 0 amide bonds. The van der Waals surface area contributed by atoms with Crippen molar-refractivity contribution in [3.05, 3.63) is 0 Å². The minimum atomic E-state index is 0.0699. The molecule has 0 bridgehead atoms. The van der Waals surface area contributed by atoms with Crippen molar-refractivity contribution in [1.82, 2.24) is 5.32 Å². The van der Waals surface area contributed by atoms with E-state index >= 15 is 0 Å². The van der Waals surface area contributed by atoms with Crippen LogP contribution in [0.1, 0.15) is 26.7 Å². The molecule has 3 atom stereocenters. The van der Waals surface area contributed by atoms with Crippen LogP contribution in [0.15, 0.2) is 0 Å². The number of nitrogens with two attached hydrogens (primary N) is 1. The molecule has 94 valence electrons. The first-order valence-corrected chi connectivity index (χ1v) is 6.20. The van der Waals surface area contributed by atoms with Crippen LogP contribution in [0.2, 0.25) is 0 Å². The van der Waals surface area contributed by atoms with Crippen molar-refractivity contribution in [3.8, 4) is 0 Å². The van der Waals surface area contributed by atoms with Gasteiger partial charge in [-0.3, -0.25) is 0 Å². The van der Waals surface area contributed by atoms with Gasteiger partial charge in [-0.15, -0.1) is 0 Å². The molecule has 3 N–H and O–H groups in total. The molecule has 4 nitrogen and oxygen atoms in total. The Hall–Kier alpha value is -0.160. The average Bonchev–Trinajstić information content (AvgIpc) is 2.59. The molecule has 0 aliphatic carbocycles. The van der Waals surface area contributed by atoms with Crippen LogP contribution in [0.25, 0.3) is 0 Å². The van der Waals surface area contributed by atoms with Gasteiger partial charge in [-0.1, -0.05) is 6.92 Å². The van der Waals surface area contributed by atoms with Gasteiger partial charge in [-0.05, 0) is 19.8 Å². The predicted octanol–water partition coefficient (Wildman–Crippen LogP) is 0.509. The molecule has 2 rings (SSSR count). The summed E-state index contributed by atoms with van der Waals surface area (Å²) in [5.74, 6) is 0. The molecule has 2 heterocycles. The van der Waals surface area contributed by atoms with Gasteiger partial charge in [0.1, 0.15) is 0 Å². The van der Waals surface area contributed by atoms with Crippen LogP contribution in [-0.2, 0) is 9.47 Å². The first kappa shape index (κ1) is 12.3. The van der Waals surface area contributed by atoms with Crippen LogP contribution in [0, 0.1) is 5.41 Å². The van der Waals surface area contributed by atoms with Crippen LogP contribution < -0.4 is 11.1 Å². The smallest absolute Gasteiger partial charge is 0.0645 e. The van der Waals surface area contributed by atoms with Crippen molar-refractivity contribution in [2.75, 3.05) is 33.0 Å². The molecule has 0 aromatic carbocycles. The van der Waals surface area contributed by atoms with E-state index < -0.39 is 0 Å². The first-order valence-electron chi connectivity index (χ1n) is 6.20. The maximum Gasteiger partial charge on any atom is 0.0645 e. The zero-order chi connectivity index (χ0) is 11.6. The highest BCUT2D eigenvalue weighted by Gasteiger charge is 2.39. The highest BCUT2D eigenvalue weighted by atomic mass is 16.5. The molecule has 0 saturated carbocycles. The third-order valence-corrected chi connectivity index (χ3v) is 3.98. The largest absolute Gasteiger partial charge is 0.380 e. The Labute approximate surface area is 97.9 Å². The normalized spacial score (nSPS) is 44.8. The summed E-state index contributed by atoms with van der Waals surface area (Å²) >= 11 is 0. The third-order valence-electron chi connectivity index (χ3n) is 3.98. The van der Waals surface area contributed by atoms with Crippen molar-refractivity contribution < 1.29 is 9.47 Å². The van der Waals surface area contributed by atoms with Gasteiger partial charge >= 0.3 is 0 Å². The lowest BCUT2D eigenvalue weighted by molar-refractivity contribution is 0.0223. The van der Waals surface area contributed by atoms with E-state index in [-0.39, 0.29) is 17.0 Å². The Balaban J connectivity index is 1.86. The van der Waals surface area contributed by atoms with E-state index in [0.29, 0.717) is 6.61 Å². The van der Waals surface area contributed by atoms with E-state index in [2.05, 4.69) is 19.2 Å². The highest BCUT2D eigenvalue weighted by molar-refractivity contribution is 4.95. The fourth-order valence-corrected chi connectivity index (χ4v) is 2.40. The summed E-state index contributed by atoms with van der Waals surface area (Å²) in [5, 5.41) is 3.63. The molecular weight excluding hydrogens is 204 g/mol. The topological polar surface area (TPSA) is 56.5 Å². The Morgan fingerprint density at radius 2 is 2.12 bits per heavy atom. The van der Waals surface area contributed by atoms with E-state index in [9.17, 15) is 0 Å². The molecule has 4 heteroatoms. The molecule has 2 saturated heterocycles. The number of nitrogens with one attached hydrogen (secondary N) is 1. The monoisotopic (exact) mass is 228 g/mol. The lowest BCUT2D eigenvalue weighted by Gasteiger charge is -2.38. The SMILES string of the molecule is CC1(NCC2(C)COCC2N)CCCOC1. The van der Waals surface area contributed by atoms with Gasteiger partial charge in [-0.25, -0.2) is 0 Å². The zero-order valence-corrected chi connectivity index (χ0v) is 10.4. The lowest BCUT2D eigenvalue weighted by Crippen LogP contribution is -2.55. The van der Waals surface area contributed by atoms with E-state index in [0.717, 1.165) is 32.8 Å². The van der Waals surface area contributed by atoms with Gasteiger partial charge in [0, 0.05) is 30.1 Å². The van der Waals surface area contributed by atoms with Crippen LogP contribution in [0.3, 0.4) is 0 Å². The maximum absolute atomic E-state index is 6.08. The van der Waals surface area contributed by atoms with Crippen LogP contribution >= 0.6 is 0 Å². The van der Waals surface area contributed by atoms with E-state index in [1.54, 1.807) is 0 Å². The minimum absolute atomic E-state index is 0.0699. The second-order valence-corrected chi connectivity index (χ2v) is 5.85. The molecule has 0 aromatic rings. The second-order valence-electron chi connectivity index (χ2n) is 5.85. The fraction of sp³-hybridized carbons (Fsp3) is 1.00. The number of ether oxygens (including phenoxy) is 2. The van der Waals surface area contributed by atoms with Crippen LogP contribution in [0.5, 0.6) is 0 Å². The van der Waals surface area contributed by atoms with Crippen LogP contribution in [0.4, 0.5) is 0 Å². The maximum atomic E-state index is 6.08. The van der Waals surface area contributed by atoms with Crippen LogP contribution in [-0.4, -0.2) is 44.6 Å². The summed E-state index contributed by atoms with van der Waals surface area (Å²) in [5.41, 5.74) is 6.26. The number of hydrogen-bond acceptors (Lipinski definition) is 4. The highest BCUT2D eigenvalue weighted by Crippen LogP contribution is 2.28.